The van der Waals surface area contributed by atoms with E-state index in [-0.39, 0.29) is 27.3 Å². The first-order valence-electron chi connectivity index (χ1n) is 6.48. The summed E-state index contributed by atoms with van der Waals surface area (Å²) in [6.45, 7) is 0. The van der Waals surface area contributed by atoms with Crippen LogP contribution in [0.4, 0.5) is 5.69 Å². The highest BCUT2D eigenvalue weighted by Gasteiger charge is 2.11. The third-order valence-corrected chi connectivity index (χ3v) is 4.69. The van der Waals surface area contributed by atoms with Crippen molar-refractivity contribution in [1.82, 2.24) is 5.43 Å². The fraction of sp³-hybridized carbons (Fsp3) is 0.0714. The van der Waals surface area contributed by atoms with Gasteiger partial charge in [-0.15, -0.1) is 0 Å². The van der Waals surface area contributed by atoms with Crippen LogP contribution in [0.2, 0.25) is 15.1 Å². The van der Waals surface area contributed by atoms with Crippen molar-refractivity contribution in [3.8, 4) is 0 Å². The highest BCUT2D eigenvalue weighted by molar-refractivity contribution is 7.89. The average Bonchev–Trinajstić information content (AvgIpc) is 2.45. The van der Waals surface area contributed by atoms with Gasteiger partial charge < -0.3 is 0 Å². The molecule has 2 aromatic rings. The normalized spacial score (nSPS) is 11.2. The van der Waals surface area contributed by atoms with Gasteiger partial charge in [-0.25, -0.2) is 13.6 Å². The first-order chi connectivity index (χ1) is 11.2. The molecular formula is C14H12Cl3N3O3S. The lowest BCUT2D eigenvalue weighted by molar-refractivity contribution is -0.119. The van der Waals surface area contributed by atoms with Crippen LogP contribution in [0.15, 0.2) is 41.3 Å². The molecule has 2 rings (SSSR count). The maximum Gasteiger partial charge on any atom is 0.242 e. The lowest BCUT2D eigenvalue weighted by atomic mass is 10.1. The summed E-state index contributed by atoms with van der Waals surface area (Å²) in [7, 11) is -3.76. The number of anilines is 1. The summed E-state index contributed by atoms with van der Waals surface area (Å²) in [5.74, 6) is -0.375. The second-order valence-corrected chi connectivity index (χ2v) is 7.60. The highest BCUT2D eigenvalue weighted by Crippen LogP contribution is 2.33. The van der Waals surface area contributed by atoms with Gasteiger partial charge in [0.2, 0.25) is 15.9 Å². The largest absolute Gasteiger partial charge is 0.296 e. The number of hydrazine groups is 1. The number of hydrogen-bond donors (Lipinski definition) is 3. The standard InChI is InChI=1S/C14H12Cl3N3O3S/c15-9-6-11(16)14(12(17)7-9)20-19-13(21)5-8-1-3-10(4-2-8)24(18,22)23/h1-4,6-7,20H,5H2,(H,19,21)(H2,18,22,23). The van der Waals surface area contributed by atoms with Gasteiger partial charge in [0.05, 0.1) is 27.0 Å². The zero-order valence-corrected chi connectivity index (χ0v) is 15.1. The van der Waals surface area contributed by atoms with E-state index in [4.69, 9.17) is 39.9 Å². The minimum atomic E-state index is -3.76. The number of hydrogen-bond acceptors (Lipinski definition) is 4. The minimum Gasteiger partial charge on any atom is -0.296 e. The maximum atomic E-state index is 11.9. The summed E-state index contributed by atoms with van der Waals surface area (Å²) in [6, 6.07) is 8.63. The Labute approximate surface area is 153 Å². The second-order valence-electron chi connectivity index (χ2n) is 4.78. The second kappa shape index (κ2) is 7.58. The number of nitrogens with two attached hydrogens (primary N) is 1. The van der Waals surface area contributed by atoms with Gasteiger partial charge in [-0.3, -0.25) is 15.6 Å². The fourth-order valence-corrected chi connectivity index (χ4v) is 3.25. The quantitative estimate of drug-likeness (QED) is 0.662. The maximum absolute atomic E-state index is 11.9. The van der Waals surface area contributed by atoms with Gasteiger partial charge in [0.15, 0.2) is 0 Å². The van der Waals surface area contributed by atoms with E-state index in [1.807, 2.05) is 0 Å². The molecule has 0 bridgehead atoms. The summed E-state index contributed by atoms with van der Waals surface area (Å²) in [4.78, 5) is 11.9. The number of halogens is 3. The molecule has 10 heteroatoms. The SMILES string of the molecule is NS(=O)(=O)c1ccc(CC(=O)NNc2c(Cl)cc(Cl)cc2Cl)cc1. The Kier molecular flexibility index (Phi) is 5.95. The molecule has 0 radical (unpaired) electrons. The number of amides is 1. The minimum absolute atomic E-state index is 0.0146. The number of rotatable bonds is 5. The Morgan fingerprint density at radius 3 is 2.08 bits per heavy atom. The smallest absolute Gasteiger partial charge is 0.242 e. The van der Waals surface area contributed by atoms with Crippen LogP contribution in [0.25, 0.3) is 0 Å². The lowest BCUT2D eigenvalue weighted by Crippen LogP contribution is -2.31. The van der Waals surface area contributed by atoms with Crippen LogP contribution in [0.3, 0.4) is 0 Å². The Morgan fingerprint density at radius 1 is 1.04 bits per heavy atom. The van der Waals surface area contributed by atoms with Crippen molar-refractivity contribution in [2.24, 2.45) is 5.14 Å². The van der Waals surface area contributed by atoms with Crippen LogP contribution in [0.1, 0.15) is 5.56 Å². The number of primary sulfonamides is 1. The molecule has 0 atom stereocenters. The molecular weight excluding hydrogens is 397 g/mol. The molecule has 4 N–H and O–H groups in total. The van der Waals surface area contributed by atoms with Gasteiger partial charge >= 0.3 is 0 Å². The zero-order valence-electron chi connectivity index (χ0n) is 12.0. The molecule has 0 aliphatic carbocycles. The van der Waals surface area contributed by atoms with Crippen molar-refractivity contribution < 1.29 is 13.2 Å². The summed E-state index contributed by atoms with van der Waals surface area (Å²) in [6.07, 6.45) is 0.0146. The summed E-state index contributed by atoms with van der Waals surface area (Å²) in [5, 5.41) is 5.89. The summed E-state index contributed by atoms with van der Waals surface area (Å²) < 4.78 is 22.3. The third kappa shape index (κ3) is 4.99. The van der Waals surface area contributed by atoms with Crippen molar-refractivity contribution in [3.63, 3.8) is 0 Å². The van der Waals surface area contributed by atoms with E-state index in [1.165, 1.54) is 36.4 Å². The Hall–Kier alpha value is -1.51. The Balaban J connectivity index is 1.99. The Morgan fingerprint density at radius 2 is 1.58 bits per heavy atom. The van der Waals surface area contributed by atoms with E-state index in [1.54, 1.807) is 0 Å². The molecule has 0 heterocycles. The molecule has 0 fully saturated rings. The molecule has 0 saturated carbocycles. The van der Waals surface area contributed by atoms with Crippen LogP contribution in [0.5, 0.6) is 0 Å². The third-order valence-electron chi connectivity index (χ3n) is 2.95. The van der Waals surface area contributed by atoms with Gasteiger partial charge in [0.1, 0.15) is 0 Å². The van der Waals surface area contributed by atoms with Crippen molar-refractivity contribution in [1.29, 1.82) is 0 Å². The molecule has 0 aromatic heterocycles. The van der Waals surface area contributed by atoms with Crippen molar-refractivity contribution in [2.75, 3.05) is 5.43 Å². The molecule has 0 unspecified atom stereocenters. The number of carbonyl (C=O) groups is 1. The van der Waals surface area contributed by atoms with Crippen LogP contribution < -0.4 is 16.0 Å². The topological polar surface area (TPSA) is 101 Å². The van der Waals surface area contributed by atoms with Crippen LogP contribution >= 0.6 is 34.8 Å². The number of carbonyl (C=O) groups excluding carboxylic acids is 1. The number of sulfonamides is 1. The van der Waals surface area contributed by atoms with Crippen molar-refractivity contribution in [3.05, 3.63) is 57.0 Å². The highest BCUT2D eigenvalue weighted by atomic mass is 35.5. The van der Waals surface area contributed by atoms with Crippen LogP contribution in [-0.2, 0) is 21.2 Å². The van der Waals surface area contributed by atoms with Gasteiger partial charge in [-0.2, -0.15) is 0 Å². The molecule has 128 valence electrons. The zero-order chi connectivity index (χ0) is 17.9. The van der Waals surface area contributed by atoms with Gasteiger partial charge in [0, 0.05) is 5.02 Å². The molecule has 0 aliphatic heterocycles. The van der Waals surface area contributed by atoms with E-state index in [0.29, 0.717) is 16.3 Å². The predicted octanol–water partition coefficient (Wildman–Crippen LogP) is 2.98. The molecule has 2 aromatic carbocycles. The molecule has 1 amide bonds. The van der Waals surface area contributed by atoms with Gasteiger partial charge in [-0.05, 0) is 29.8 Å². The first kappa shape index (κ1) is 18.8. The van der Waals surface area contributed by atoms with E-state index in [2.05, 4.69) is 10.9 Å². The molecule has 0 saturated heterocycles. The monoisotopic (exact) mass is 407 g/mol. The van der Waals surface area contributed by atoms with Crippen molar-refractivity contribution in [2.45, 2.75) is 11.3 Å². The summed E-state index contributed by atoms with van der Waals surface area (Å²) >= 11 is 17.8. The summed E-state index contributed by atoms with van der Waals surface area (Å²) in [5.41, 5.74) is 6.00. The lowest BCUT2D eigenvalue weighted by Gasteiger charge is -2.12. The van der Waals surface area contributed by atoms with E-state index in [0.717, 1.165) is 0 Å². The van der Waals surface area contributed by atoms with Gasteiger partial charge in [0.25, 0.3) is 0 Å². The van der Waals surface area contributed by atoms with Crippen LogP contribution in [0, 0.1) is 0 Å². The van der Waals surface area contributed by atoms with E-state index >= 15 is 0 Å². The van der Waals surface area contributed by atoms with E-state index in [9.17, 15) is 13.2 Å². The Bertz CT molecular complexity index is 848. The molecule has 24 heavy (non-hydrogen) atoms. The van der Waals surface area contributed by atoms with E-state index < -0.39 is 10.0 Å². The predicted molar refractivity (Wildman–Crippen MR) is 94.8 cm³/mol. The molecule has 0 aliphatic rings. The van der Waals surface area contributed by atoms with Crippen LogP contribution in [-0.4, -0.2) is 14.3 Å². The number of benzene rings is 2. The first-order valence-corrected chi connectivity index (χ1v) is 9.16. The van der Waals surface area contributed by atoms with Gasteiger partial charge in [-0.1, -0.05) is 46.9 Å². The molecule has 6 nitrogen and oxygen atoms in total. The number of nitrogens with one attached hydrogen (secondary N) is 2. The molecule has 0 spiro atoms. The average molecular weight is 409 g/mol. The van der Waals surface area contributed by atoms with Crippen molar-refractivity contribution >= 4 is 56.4 Å². The fourth-order valence-electron chi connectivity index (χ4n) is 1.82.